The molecular weight excluding hydrogens is 286 g/mol. The quantitative estimate of drug-likeness (QED) is 0.708. The first-order chi connectivity index (χ1) is 9.20. The normalized spacial score (nSPS) is 17.2. The molecule has 5 heteroatoms. The minimum Gasteiger partial charge on any atom is -0.324 e. The molecule has 3 rings (SSSR count). The van der Waals surface area contributed by atoms with Crippen molar-refractivity contribution in [3.05, 3.63) is 28.8 Å². The van der Waals surface area contributed by atoms with Crippen LogP contribution in [0.1, 0.15) is 44.0 Å². The number of alkyl halides is 1. The Morgan fingerprint density at radius 1 is 1.26 bits per heavy atom. The van der Waals surface area contributed by atoms with E-state index in [0.717, 1.165) is 29.7 Å². The number of halogens is 3. The van der Waals surface area contributed by atoms with Gasteiger partial charge in [0.05, 0.1) is 21.9 Å². The maximum atomic E-state index is 13.7. The summed E-state index contributed by atoms with van der Waals surface area (Å²) in [6.45, 7) is 0. The van der Waals surface area contributed by atoms with Crippen LogP contribution in [0.3, 0.4) is 0 Å². The van der Waals surface area contributed by atoms with Crippen LogP contribution < -0.4 is 0 Å². The van der Waals surface area contributed by atoms with E-state index in [1.54, 1.807) is 6.07 Å². The summed E-state index contributed by atoms with van der Waals surface area (Å²) in [4.78, 5) is 4.49. The lowest BCUT2D eigenvalue weighted by Gasteiger charge is -2.25. The van der Waals surface area contributed by atoms with Crippen molar-refractivity contribution in [3.63, 3.8) is 0 Å². The van der Waals surface area contributed by atoms with Crippen LogP contribution >= 0.6 is 23.2 Å². The molecule has 0 radical (unpaired) electrons. The molecule has 2 aromatic rings. The largest absolute Gasteiger partial charge is 0.324 e. The highest BCUT2D eigenvalue weighted by Gasteiger charge is 2.21. The number of imidazole rings is 1. The van der Waals surface area contributed by atoms with Gasteiger partial charge in [0.2, 0.25) is 0 Å². The summed E-state index contributed by atoms with van der Waals surface area (Å²) >= 11 is 11.8. The molecule has 1 aromatic carbocycles. The van der Waals surface area contributed by atoms with E-state index in [4.69, 9.17) is 23.2 Å². The third-order valence-electron chi connectivity index (χ3n) is 3.86. The summed E-state index contributed by atoms with van der Waals surface area (Å²) < 4.78 is 15.8. The van der Waals surface area contributed by atoms with Gasteiger partial charge in [0.1, 0.15) is 11.6 Å². The van der Waals surface area contributed by atoms with Crippen LogP contribution in [0.25, 0.3) is 11.0 Å². The van der Waals surface area contributed by atoms with Crippen LogP contribution in [0.2, 0.25) is 5.02 Å². The van der Waals surface area contributed by atoms with Crippen molar-refractivity contribution >= 4 is 34.2 Å². The Morgan fingerprint density at radius 3 is 2.68 bits per heavy atom. The molecule has 102 valence electrons. The molecule has 19 heavy (non-hydrogen) atoms. The fourth-order valence-electron chi connectivity index (χ4n) is 2.98. The van der Waals surface area contributed by atoms with Crippen molar-refractivity contribution < 1.29 is 4.39 Å². The third kappa shape index (κ3) is 2.34. The molecule has 1 saturated carbocycles. The highest BCUT2D eigenvalue weighted by molar-refractivity contribution is 6.31. The minimum absolute atomic E-state index is 0.113. The topological polar surface area (TPSA) is 17.8 Å². The zero-order valence-electron chi connectivity index (χ0n) is 10.5. The van der Waals surface area contributed by atoms with Crippen molar-refractivity contribution in [1.29, 1.82) is 0 Å². The third-order valence-corrected chi connectivity index (χ3v) is 4.39. The second kappa shape index (κ2) is 5.29. The lowest BCUT2D eigenvalue weighted by Crippen LogP contribution is -2.15. The number of nitrogens with zero attached hydrogens (tertiary/aromatic N) is 2. The van der Waals surface area contributed by atoms with E-state index >= 15 is 0 Å². The number of hydrogen-bond acceptors (Lipinski definition) is 1. The summed E-state index contributed by atoms with van der Waals surface area (Å²) in [5, 5.41) is 0.113. The number of fused-ring (bicyclic) bond motifs is 1. The van der Waals surface area contributed by atoms with E-state index in [-0.39, 0.29) is 5.02 Å². The van der Waals surface area contributed by atoms with Crippen molar-refractivity contribution in [2.45, 2.75) is 44.0 Å². The maximum Gasteiger partial charge on any atom is 0.144 e. The molecule has 1 heterocycles. The molecular formula is C14H15Cl2FN2. The van der Waals surface area contributed by atoms with Crippen molar-refractivity contribution in [2.75, 3.05) is 0 Å². The second-order valence-corrected chi connectivity index (χ2v) is 5.75. The first-order valence-corrected chi connectivity index (χ1v) is 7.54. The van der Waals surface area contributed by atoms with Crippen LogP contribution in [-0.4, -0.2) is 9.55 Å². The fraction of sp³-hybridized carbons (Fsp3) is 0.500. The van der Waals surface area contributed by atoms with Gasteiger partial charge in [-0.05, 0) is 18.9 Å². The molecule has 1 fully saturated rings. The van der Waals surface area contributed by atoms with Gasteiger partial charge in [-0.25, -0.2) is 9.37 Å². The van der Waals surface area contributed by atoms with E-state index in [2.05, 4.69) is 9.55 Å². The van der Waals surface area contributed by atoms with E-state index in [0.29, 0.717) is 11.9 Å². The molecule has 0 bridgehead atoms. The van der Waals surface area contributed by atoms with Gasteiger partial charge < -0.3 is 4.57 Å². The summed E-state index contributed by atoms with van der Waals surface area (Å²) in [5.74, 6) is 0.752. The highest BCUT2D eigenvalue weighted by atomic mass is 35.5. The van der Waals surface area contributed by atoms with Gasteiger partial charge >= 0.3 is 0 Å². The van der Waals surface area contributed by atoms with Crippen LogP contribution in [0.15, 0.2) is 12.1 Å². The molecule has 1 aliphatic rings. The van der Waals surface area contributed by atoms with Crippen molar-refractivity contribution in [3.8, 4) is 0 Å². The Kier molecular flexibility index (Phi) is 3.68. The first-order valence-electron chi connectivity index (χ1n) is 6.62. The lowest BCUT2D eigenvalue weighted by atomic mass is 9.95. The Labute approximate surface area is 121 Å². The predicted octanol–water partition coefficient (Wildman–Crippen LogP) is 5.07. The smallest absolute Gasteiger partial charge is 0.144 e. The molecule has 0 spiro atoms. The molecule has 0 saturated heterocycles. The van der Waals surface area contributed by atoms with Gasteiger partial charge in [0.15, 0.2) is 0 Å². The number of rotatable bonds is 2. The zero-order chi connectivity index (χ0) is 13.4. The Bertz CT molecular complexity index is 603. The molecule has 2 nitrogen and oxygen atoms in total. The average molecular weight is 301 g/mol. The summed E-state index contributed by atoms with van der Waals surface area (Å²) in [6.07, 6.45) is 5.92. The van der Waals surface area contributed by atoms with E-state index in [9.17, 15) is 4.39 Å². The molecule has 0 unspecified atom stereocenters. The Hall–Kier alpha value is -0.800. The summed E-state index contributed by atoms with van der Waals surface area (Å²) in [6, 6.07) is 3.45. The summed E-state index contributed by atoms with van der Waals surface area (Å²) in [7, 11) is 0. The van der Waals surface area contributed by atoms with E-state index in [1.807, 2.05) is 0 Å². The van der Waals surface area contributed by atoms with Crippen LogP contribution in [0.5, 0.6) is 0 Å². The van der Waals surface area contributed by atoms with Crippen LogP contribution in [0.4, 0.5) is 4.39 Å². The first kappa shape index (κ1) is 13.2. The van der Waals surface area contributed by atoms with Crippen molar-refractivity contribution in [2.24, 2.45) is 0 Å². The summed E-state index contributed by atoms with van der Waals surface area (Å²) in [5.41, 5.74) is 1.54. The average Bonchev–Trinajstić information content (AvgIpc) is 2.78. The van der Waals surface area contributed by atoms with Gasteiger partial charge in [-0.3, -0.25) is 0 Å². The van der Waals surface area contributed by atoms with Gasteiger partial charge in [0.25, 0.3) is 0 Å². The fourth-order valence-corrected chi connectivity index (χ4v) is 3.33. The van der Waals surface area contributed by atoms with Crippen LogP contribution in [0, 0.1) is 5.82 Å². The molecule has 1 aliphatic carbocycles. The standard InChI is InChI=1S/C14H15Cl2FN2/c15-8-14-18-12-6-10(16)11(17)7-13(12)19(14)9-4-2-1-3-5-9/h6-7,9H,1-5,8H2. The van der Waals surface area contributed by atoms with Crippen LogP contribution in [-0.2, 0) is 5.88 Å². The van der Waals surface area contributed by atoms with E-state index in [1.165, 1.54) is 25.3 Å². The van der Waals surface area contributed by atoms with Crippen molar-refractivity contribution in [1.82, 2.24) is 9.55 Å². The number of hydrogen-bond donors (Lipinski definition) is 0. The zero-order valence-corrected chi connectivity index (χ0v) is 12.0. The molecule has 0 amide bonds. The van der Waals surface area contributed by atoms with Gasteiger partial charge in [-0.15, -0.1) is 11.6 Å². The van der Waals surface area contributed by atoms with Gasteiger partial charge in [-0.1, -0.05) is 30.9 Å². The van der Waals surface area contributed by atoms with Gasteiger partial charge in [0, 0.05) is 12.1 Å². The highest BCUT2D eigenvalue weighted by Crippen LogP contribution is 2.34. The SMILES string of the molecule is Fc1cc2c(cc1Cl)nc(CCl)n2C1CCCCC1. The predicted molar refractivity (Wildman–Crippen MR) is 76.4 cm³/mol. The second-order valence-electron chi connectivity index (χ2n) is 5.08. The number of aromatic nitrogens is 2. The maximum absolute atomic E-state index is 13.7. The molecule has 0 aliphatic heterocycles. The minimum atomic E-state index is -0.396. The monoisotopic (exact) mass is 300 g/mol. The Balaban J connectivity index is 2.16. The Morgan fingerprint density at radius 2 is 2.00 bits per heavy atom. The lowest BCUT2D eigenvalue weighted by molar-refractivity contribution is 0.354. The molecule has 1 aromatic heterocycles. The number of benzene rings is 1. The van der Waals surface area contributed by atoms with E-state index < -0.39 is 5.82 Å². The molecule has 0 N–H and O–H groups in total. The van der Waals surface area contributed by atoms with Gasteiger partial charge in [-0.2, -0.15) is 0 Å². The molecule has 0 atom stereocenters.